The van der Waals surface area contributed by atoms with Gasteiger partial charge in [-0.2, -0.15) is 0 Å². The molecule has 1 amide bonds. The molecule has 0 aromatic rings. The molecule has 0 fully saturated rings. The van der Waals surface area contributed by atoms with Crippen molar-refractivity contribution in [3.05, 3.63) is 48.6 Å². The lowest BCUT2D eigenvalue weighted by Crippen LogP contribution is -2.47. The second-order valence-corrected chi connectivity index (χ2v) is 26.1. The zero-order valence-electron chi connectivity index (χ0n) is 53.8. The van der Waals surface area contributed by atoms with Crippen molar-refractivity contribution in [2.45, 2.75) is 348 Å². The van der Waals surface area contributed by atoms with Gasteiger partial charge in [0, 0.05) is 12.8 Å². The van der Waals surface area contributed by atoms with Crippen LogP contribution < -0.4 is 10.2 Å². The Bertz CT molecular complexity index is 1510. The number of rotatable bonds is 63. The predicted molar refractivity (Wildman–Crippen MR) is 344 cm³/mol. The molecule has 470 valence electrons. The Kier molecular flexibility index (Phi) is 58.6. The molecule has 10 heteroatoms. The maximum Gasteiger partial charge on any atom is 0.306 e. The summed E-state index contributed by atoms with van der Waals surface area (Å²) in [7, 11) is 1.18. The average Bonchev–Trinajstić information content (AvgIpc) is 3.42. The maximum absolute atomic E-state index is 13.5. The molecule has 0 aromatic heterocycles. The summed E-state index contributed by atoms with van der Waals surface area (Å²) >= 11 is 0. The van der Waals surface area contributed by atoms with E-state index < -0.39 is 26.6 Å². The van der Waals surface area contributed by atoms with Gasteiger partial charge in [0.25, 0.3) is 7.82 Å². The van der Waals surface area contributed by atoms with Crippen molar-refractivity contribution in [1.29, 1.82) is 0 Å². The quantitative estimate of drug-likeness (QED) is 0.0212. The summed E-state index contributed by atoms with van der Waals surface area (Å²) < 4.78 is 30.4. The number of nitrogens with zero attached hydrogens (tertiary/aromatic N) is 1. The van der Waals surface area contributed by atoms with Crippen molar-refractivity contribution in [2.75, 3.05) is 40.9 Å². The molecule has 3 atom stereocenters. The Balaban J connectivity index is 5.01. The van der Waals surface area contributed by atoms with Crippen LogP contribution in [0.3, 0.4) is 0 Å². The fraction of sp³-hybridized carbons (Fsp3) is 0.857. The molecular weight excluding hydrogens is 1010 g/mol. The third kappa shape index (κ3) is 60.6. The summed E-state index contributed by atoms with van der Waals surface area (Å²) in [5.74, 6) is -0.553. The van der Waals surface area contributed by atoms with Crippen LogP contribution in [0, 0.1) is 0 Å². The van der Waals surface area contributed by atoms with Gasteiger partial charge in [-0.25, -0.2) is 0 Å². The van der Waals surface area contributed by atoms with Crippen LogP contribution in [-0.2, 0) is 27.9 Å². The van der Waals surface area contributed by atoms with E-state index in [2.05, 4.69) is 62.5 Å². The lowest BCUT2D eigenvalue weighted by atomic mass is 10.0. The van der Waals surface area contributed by atoms with Crippen molar-refractivity contribution in [2.24, 2.45) is 0 Å². The van der Waals surface area contributed by atoms with E-state index in [0.717, 1.165) is 83.5 Å². The number of allylic oxidation sites excluding steroid dienone is 7. The van der Waals surface area contributed by atoms with Gasteiger partial charge in [0.15, 0.2) is 0 Å². The number of phosphoric ester groups is 1. The number of unbranched alkanes of at least 4 members (excludes halogenated alkanes) is 41. The predicted octanol–water partition coefficient (Wildman–Crippen LogP) is 21.0. The van der Waals surface area contributed by atoms with E-state index in [0.29, 0.717) is 23.9 Å². The van der Waals surface area contributed by atoms with E-state index in [1.54, 1.807) is 0 Å². The number of hydrogen-bond donors (Lipinski definition) is 1. The van der Waals surface area contributed by atoms with Crippen molar-refractivity contribution < 1.29 is 37.3 Å². The Morgan fingerprint density at radius 3 is 1.20 bits per heavy atom. The number of likely N-dealkylation sites (N-methyl/N-ethyl adjacent to an activating group) is 1. The lowest BCUT2D eigenvalue weighted by Gasteiger charge is -2.30. The summed E-state index contributed by atoms with van der Waals surface area (Å²) in [5.41, 5.74) is 0. The Morgan fingerprint density at radius 2 is 0.800 bits per heavy atom. The molecule has 0 aliphatic rings. The zero-order valence-corrected chi connectivity index (χ0v) is 54.7. The summed E-state index contributed by atoms with van der Waals surface area (Å²) in [6, 6.07) is -0.898. The highest BCUT2D eigenvalue weighted by Gasteiger charge is 2.27. The van der Waals surface area contributed by atoms with Gasteiger partial charge < -0.3 is 28.5 Å². The largest absolute Gasteiger partial charge is 0.756 e. The number of carbonyl (C=O) groups is 2. The highest BCUT2D eigenvalue weighted by Crippen LogP contribution is 2.38. The first-order valence-corrected chi connectivity index (χ1v) is 35.9. The molecule has 0 saturated carbocycles. The minimum Gasteiger partial charge on any atom is -0.756 e. The van der Waals surface area contributed by atoms with Crippen LogP contribution in [0.25, 0.3) is 0 Å². The summed E-state index contributed by atoms with van der Waals surface area (Å²) in [4.78, 5) is 40.1. The molecule has 80 heavy (non-hydrogen) atoms. The lowest BCUT2D eigenvalue weighted by molar-refractivity contribution is -0.870. The van der Waals surface area contributed by atoms with Crippen LogP contribution in [0.4, 0.5) is 0 Å². The molecule has 0 radical (unpaired) electrons. The third-order valence-electron chi connectivity index (χ3n) is 15.5. The second kappa shape index (κ2) is 60.1. The number of quaternary nitrogens is 1. The SMILES string of the molecule is CC/C=C/C/C=C/C/C=C/CCCCCCC(=O)NC(COP(=O)([O-])OCC[N+](C)(C)C)C(/C=C\CCCCCCCCCCCCC)OC(=O)CCCCCCCCCCCCCCCCCCCCCCCCCCCCC. The van der Waals surface area contributed by atoms with Gasteiger partial charge in [-0.3, -0.25) is 14.2 Å². The van der Waals surface area contributed by atoms with Gasteiger partial charge in [-0.05, 0) is 63.9 Å². The number of carbonyl (C=O) groups excluding carboxylic acids is 2. The highest BCUT2D eigenvalue weighted by molar-refractivity contribution is 7.45. The van der Waals surface area contributed by atoms with Crippen LogP contribution in [0.15, 0.2) is 48.6 Å². The number of nitrogens with one attached hydrogen (secondary N) is 1. The Morgan fingerprint density at radius 1 is 0.450 bits per heavy atom. The van der Waals surface area contributed by atoms with E-state index in [1.165, 1.54) is 212 Å². The number of ether oxygens (including phenoxy) is 1. The third-order valence-corrected chi connectivity index (χ3v) is 16.5. The maximum atomic E-state index is 13.5. The standard InChI is InChI=1S/C70H133N2O7P/c1-7-10-13-16-19-22-25-28-30-31-32-33-34-35-36-37-38-39-40-41-42-45-48-51-54-57-60-63-70(74)79-68(61-58-55-52-49-46-43-27-24-21-18-15-12-9-3)67(66-78-80(75,76)77-65-64-72(4,5)6)71-69(73)62-59-56-53-50-47-44-29-26-23-20-17-14-11-8-2/h11,14,20,23,29,44,58,61,67-68H,7-10,12-13,15-19,21-22,24-28,30-43,45-57,59-60,62-66H2,1-6H3,(H-,71,73,75,76)/b14-11+,23-20+,44-29+,61-58-. The first-order valence-electron chi connectivity index (χ1n) is 34.4. The summed E-state index contributed by atoms with van der Waals surface area (Å²) in [6.45, 7) is 6.76. The van der Waals surface area contributed by atoms with Gasteiger partial charge in [0.2, 0.25) is 5.91 Å². The van der Waals surface area contributed by atoms with Crippen molar-refractivity contribution in [1.82, 2.24) is 5.32 Å². The van der Waals surface area contributed by atoms with Gasteiger partial charge in [0.1, 0.15) is 19.3 Å². The minimum atomic E-state index is -4.71. The fourth-order valence-corrected chi connectivity index (χ4v) is 11.0. The van der Waals surface area contributed by atoms with Gasteiger partial charge in [-0.1, -0.05) is 307 Å². The molecule has 0 saturated heterocycles. The van der Waals surface area contributed by atoms with E-state index >= 15 is 0 Å². The van der Waals surface area contributed by atoms with Crippen LogP contribution >= 0.6 is 7.82 Å². The Labute approximate surface area is 497 Å². The summed E-state index contributed by atoms with van der Waals surface area (Å²) in [5, 5.41) is 3.02. The van der Waals surface area contributed by atoms with Gasteiger partial charge >= 0.3 is 5.97 Å². The van der Waals surface area contributed by atoms with E-state index in [9.17, 15) is 19.0 Å². The van der Waals surface area contributed by atoms with Gasteiger partial charge in [0.05, 0.1) is 33.8 Å². The fourth-order valence-electron chi connectivity index (χ4n) is 10.2. The molecule has 0 heterocycles. The van der Waals surface area contributed by atoms with Crippen LogP contribution in [0.1, 0.15) is 335 Å². The molecule has 3 unspecified atom stereocenters. The number of esters is 1. The molecule has 0 aliphatic carbocycles. The highest BCUT2D eigenvalue weighted by atomic mass is 31.2. The monoisotopic (exact) mass is 1140 g/mol. The molecular formula is C70H133N2O7P. The Hall–Kier alpha value is -2.03. The van der Waals surface area contributed by atoms with E-state index in [-0.39, 0.29) is 24.9 Å². The van der Waals surface area contributed by atoms with Crippen molar-refractivity contribution in [3.8, 4) is 0 Å². The first kappa shape index (κ1) is 78.0. The van der Waals surface area contributed by atoms with Crippen molar-refractivity contribution in [3.63, 3.8) is 0 Å². The second-order valence-electron chi connectivity index (χ2n) is 24.7. The first-order chi connectivity index (χ1) is 38.9. The van der Waals surface area contributed by atoms with Crippen LogP contribution in [0.5, 0.6) is 0 Å². The van der Waals surface area contributed by atoms with Crippen LogP contribution in [0.2, 0.25) is 0 Å². The van der Waals surface area contributed by atoms with Crippen molar-refractivity contribution >= 4 is 19.7 Å². The average molecular weight is 1150 g/mol. The number of phosphoric acid groups is 1. The van der Waals surface area contributed by atoms with E-state index in [4.69, 9.17) is 13.8 Å². The zero-order chi connectivity index (χ0) is 58.6. The van der Waals surface area contributed by atoms with Crippen LogP contribution in [-0.4, -0.2) is 69.4 Å². The summed E-state index contributed by atoms with van der Waals surface area (Å²) in [6.07, 6.45) is 75.4. The normalized spacial score (nSPS) is 13.8. The smallest absolute Gasteiger partial charge is 0.306 e. The van der Waals surface area contributed by atoms with E-state index in [1.807, 2.05) is 33.3 Å². The molecule has 0 spiro atoms. The molecule has 9 nitrogen and oxygen atoms in total. The molecule has 0 rings (SSSR count). The molecule has 0 bridgehead atoms. The number of amides is 1. The van der Waals surface area contributed by atoms with Gasteiger partial charge in [-0.15, -0.1) is 0 Å². The number of hydrogen-bond acceptors (Lipinski definition) is 7. The molecule has 1 N–H and O–H groups in total. The molecule has 0 aromatic carbocycles. The topological polar surface area (TPSA) is 114 Å². The minimum absolute atomic E-state index is 0.0258. The molecule has 0 aliphatic heterocycles.